The number of hydrogen-bond acceptors (Lipinski definition) is 3. The molecule has 3 N–H and O–H groups in total. The van der Waals surface area contributed by atoms with E-state index < -0.39 is 0 Å². The zero-order valence-electron chi connectivity index (χ0n) is 9.16. The molecule has 1 fully saturated rings. The predicted octanol–water partition coefficient (Wildman–Crippen LogP) is 0.263. The molecule has 1 atom stereocenters. The van der Waals surface area contributed by atoms with Gasteiger partial charge < -0.3 is 11.1 Å². The number of nitrogens with zero attached hydrogens (tertiary/aromatic N) is 1. The summed E-state index contributed by atoms with van der Waals surface area (Å²) in [4.78, 5) is 14.0. The Morgan fingerprint density at radius 1 is 1.67 bits per heavy atom. The van der Waals surface area contributed by atoms with Crippen LogP contribution < -0.4 is 11.1 Å². The van der Waals surface area contributed by atoms with Crippen LogP contribution in [0.3, 0.4) is 0 Å². The first-order valence-corrected chi connectivity index (χ1v) is 5.83. The van der Waals surface area contributed by atoms with Gasteiger partial charge >= 0.3 is 0 Å². The van der Waals surface area contributed by atoms with Crippen LogP contribution in [-0.4, -0.2) is 41.5 Å². The first-order chi connectivity index (χ1) is 7.13. The average Bonchev–Trinajstić information content (AvgIpc) is 2.60. The second kappa shape index (κ2) is 6.02. The molecule has 4 nitrogen and oxygen atoms in total. The van der Waals surface area contributed by atoms with E-state index in [1.807, 2.05) is 0 Å². The maximum atomic E-state index is 11.3. The van der Waals surface area contributed by atoms with Gasteiger partial charge in [0.15, 0.2) is 0 Å². The van der Waals surface area contributed by atoms with Crippen molar-refractivity contribution in [3.8, 4) is 0 Å². The van der Waals surface area contributed by atoms with E-state index in [1.54, 1.807) is 0 Å². The smallest absolute Gasteiger partial charge is 0.226 e. The molecule has 0 aromatic rings. The molecule has 1 aliphatic heterocycles. The zero-order valence-corrected chi connectivity index (χ0v) is 9.98. The zero-order chi connectivity index (χ0) is 11.3. The lowest BCUT2D eigenvalue weighted by molar-refractivity contribution is -0.120. The minimum Gasteiger partial charge on any atom is -0.393 e. The lowest BCUT2D eigenvalue weighted by Crippen LogP contribution is -2.40. The highest BCUT2D eigenvalue weighted by Crippen LogP contribution is 2.15. The van der Waals surface area contributed by atoms with E-state index in [0.29, 0.717) is 6.04 Å². The molecule has 0 aromatic heterocycles. The molecule has 5 heteroatoms. The summed E-state index contributed by atoms with van der Waals surface area (Å²) in [6.07, 6.45) is 2.55. The summed E-state index contributed by atoms with van der Waals surface area (Å²) >= 11 is 4.67. The number of hydrogen-bond donors (Lipinski definition) is 2. The Balaban J connectivity index is 2.24. The molecule has 1 aliphatic rings. The predicted molar refractivity (Wildman–Crippen MR) is 64.7 cm³/mol. The Kier molecular flexibility index (Phi) is 4.98. The maximum Gasteiger partial charge on any atom is 0.226 e. The molecule has 1 heterocycles. The van der Waals surface area contributed by atoms with E-state index >= 15 is 0 Å². The normalized spacial score (nSPS) is 21.5. The van der Waals surface area contributed by atoms with Crippen molar-refractivity contribution >= 4 is 23.1 Å². The molecular weight excluding hydrogens is 210 g/mol. The number of likely N-dealkylation sites (tertiary alicyclic amines) is 1. The van der Waals surface area contributed by atoms with Gasteiger partial charge in [-0.1, -0.05) is 19.1 Å². The fraction of sp³-hybridized carbons (Fsp3) is 0.800. The summed E-state index contributed by atoms with van der Waals surface area (Å²) < 4.78 is 0. The van der Waals surface area contributed by atoms with E-state index in [9.17, 15) is 4.79 Å². The van der Waals surface area contributed by atoms with Crippen LogP contribution in [0.2, 0.25) is 0 Å². The average molecular weight is 229 g/mol. The van der Waals surface area contributed by atoms with Crippen molar-refractivity contribution in [3.05, 3.63) is 0 Å². The molecule has 86 valence electrons. The van der Waals surface area contributed by atoms with Crippen molar-refractivity contribution < 1.29 is 4.79 Å². The van der Waals surface area contributed by atoms with Crippen LogP contribution in [0.4, 0.5) is 0 Å². The minimum atomic E-state index is -0.0644. The third-order valence-corrected chi connectivity index (χ3v) is 2.92. The van der Waals surface area contributed by atoms with Crippen LogP contribution in [0.1, 0.15) is 26.2 Å². The number of carbonyl (C=O) groups excluding carboxylic acids is 1. The Labute approximate surface area is 96.2 Å². The Hall–Kier alpha value is -0.680. The molecule has 1 unspecified atom stereocenters. The number of rotatable bonds is 5. The summed E-state index contributed by atoms with van der Waals surface area (Å²) in [6.45, 7) is 5.06. The molecule has 0 radical (unpaired) electrons. The molecule has 1 rings (SSSR count). The van der Waals surface area contributed by atoms with Gasteiger partial charge in [-0.25, -0.2) is 0 Å². The minimum absolute atomic E-state index is 0.0644. The number of amides is 1. The number of likely N-dealkylation sites (N-methyl/N-ethyl adjacent to an activating group) is 1. The molecule has 0 spiro atoms. The second-order valence-corrected chi connectivity index (χ2v) is 4.40. The summed E-state index contributed by atoms with van der Waals surface area (Å²) in [5.74, 6) is -0.0644. The van der Waals surface area contributed by atoms with Gasteiger partial charge in [0, 0.05) is 12.6 Å². The fourth-order valence-corrected chi connectivity index (χ4v) is 2.13. The van der Waals surface area contributed by atoms with Gasteiger partial charge in [-0.3, -0.25) is 9.69 Å². The van der Waals surface area contributed by atoms with Gasteiger partial charge in [0.05, 0.1) is 11.4 Å². The number of carbonyl (C=O) groups is 1. The van der Waals surface area contributed by atoms with E-state index in [1.165, 1.54) is 12.8 Å². The quantitative estimate of drug-likeness (QED) is 0.664. The topological polar surface area (TPSA) is 58.4 Å². The third-order valence-electron chi connectivity index (χ3n) is 2.77. The first kappa shape index (κ1) is 12.4. The molecule has 0 bridgehead atoms. The number of nitrogens with one attached hydrogen (secondary N) is 1. The third kappa shape index (κ3) is 4.13. The molecular formula is C10H19N3OS. The molecule has 0 saturated carbocycles. The van der Waals surface area contributed by atoms with Gasteiger partial charge in [-0.05, 0) is 25.9 Å². The Morgan fingerprint density at radius 3 is 3.00 bits per heavy atom. The molecule has 15 heavy (non-hydrogen) atoms. The summed E-state index contributed by atoms with van der Waals surface area (Å²) in [6, 6.07) is 0.491. The summed E-state index contributed by atoms with van der Waals surface area (Å²) in [7, 11) is 0. The Morgan fingerprint density at radius 2 is 2.40 bits per heavy atom. The second-order valence-electron chi connectivity index (χ2n) is 3.87. The Bertz CT molecular complexity index is 245. The highest BCUT2D eigenvalue weighted by Gasteiger charge is 2.22. The van der Waals surface area contributed by atoms with E-state index in [0.717, 1.165) is 19.6 Å². The lowest BCUT2D eigenvalue weighted by Gasteiger charge is -2.22. The monoisotopic (exact) mass is 229 g/mol. The van der Waals surface area contributed by atoms with Gasteiger partial charge in [0.2, 0.25) is 5.91 Å². The van der Waals surface area contributed by atoms with Crippen LogP contribution in [0, 0.1) is 0 Å². The van der Waals surface area contributed by atoms with Crippen molar-refractivity contribution in [2.75, 3.05) is 19.6 Å². The van der Waals surface area contributed by atoms with E-state index in [4.69, 9.17) is 5.73 Å². The standard InChI is InChI=1S/C10H19N3OS/c1-2-13-5-3-4-8(13)7-12-10(14)6-9(11)15/h8H,2-7H2,1H3,(H2,11,15)(H,12,14). The van der Waals surface area contributed by atoms with Crippen LogP contribution in [0.5, 0.6) is 0 Å². The van der Waals surface area contributed by atoms with Crippen molar-refractivity contribution in [2.24, 2.45) is 5.73 Å². The van der Waals surface area contributed by atoms with Crippen molar-refractivity contribution in [1.82, 2.24) is 10.2 Å². The summed E-state index contributed by atoms with van der Waals surface area (Å²) in [5, 5.41) is 2.87. The van der Waals surface area contributed by atoms with Crippen LogP contribution in [0.15, 0.2) is 0 Å². The number of nitrogens with two attached hydrogens (primary N) is 1. The van der Waals surface area contributed by atoms with Gasteiger partial charge in [0.1, 0.15) is 0 Å². The highest BCUT2D eigenvalue weighted by molar-refractivity contribution is 7.80. The lowest BCUT2D eigenvalue weighted by atomic mass is 10.2. The largest absolute Gasteiger partial charge is 0.393 e. The summed E-state index contributed by atoms with van der Waals surface area (Å²) in [5.41, 5.74) is 5.29. The van der Waals surface area contributed by atoms with Gasteiger partial charge in [-0.15, -0.1) is 0 Å². The SMILES string of the molecule is CCN1CCCC1CNC(=O)CC(N)=S. The maximum absolute atomic E-state index is 11.3. The van der Waals surface area contributed by atoms with Crippen LogP contribution in [-0.2, 0) is 4.79 Å². The molecule has 1 amide bonds. The molecule has 1 saturated heterocycles. The van der Waals surface area contributed by atoms with Crippen molar-refractivity contribution in [3.63, 3.8) is 0 Å². The first-order valence-electron chi connectivity index (χ1n) is 5.42. The van der Waals surface area contributed by atoms with Crippen molar-refractivity contribution in [2.45, 2.75) is 32.2 Å². The fourth-order valence-electron chi connectivity index (χ4n) is 2.00. The van der Waals surface area contributed by atoms with Crippen molar-refractivity contribution in [1.29, 1.82) is 0 Å². The number of thiocarbonyl (C=S) groups is 1. The van der Waals surface area contributed by atoms with Crippen LogP contribution in [0.25, 0.3) is 0 Å². The van der Waals surface area contributed by atoms with Gasteiger partial charge in [0.25, 0.3) is 0 Å². The van der Waals surface area contributed by atoms with E-state index in [-0.39, 0.29) is 17.3 Å². The molecule has 0 aliphatic carbocycles. The highest BCUT2D eigenvalue weighted by atomic mass is 32.1. The van der Waals surface area contributed by atoms with Crippen LogP contribution >= 0.6 is 12.2 Å². The van der Waals surface area contributed by atoms with Gasteiger partial charge in [-0.2, -0.15) is 0 Å². The molecule has 0 aromatic carbocycles. The van der Waals surface area contributed by atoms with E-state index in [2.05, 4.69) is 29.4 Å².